The maximum atomic E-state index is 13.3. The van der Waals surface area contributed by atoms with E-state index < -0.39 is 17.9 Å². The Balaban J connectivity index is 2.74. The van der Waals surface area contributed by atoms with E-state index in [9.17, 15) is 14.3 Å². The molecule has 0 spiro atoms. The van der Waals surface area contributed by atoms with Crippen molar-refractivity contribution < 1.29 is 14.3 Å². The molecule has 2 atom stereocenters. The molecule has 1 aromatic rings. The lowest BCUT2D eigenvalue weighted by molar-refractivity contribution is 0.216. The first kappa shape index (κ1) is 15.5. The molecule has 6 heteroatoms. The van der Waals surface area contributed by atoms with Crippen LogP contribution < -0.4 is 10.6 Å². The summed E-state index contributed by atoms with van der Waals surface area (Å²) in [6, 6.07) is 2.72. The van der Waals surface area contributed by atoms with Crippen molar-refractivity contribution in [2.75, 3.05) is 6.61 Å². The Morgan fingerprint density at radius 1 is 1.58 bits per heavy atom. The number of aliphatic hydroxyl groups is 1. The largest absolute Gasteiger partial charge is 0.394 e. The molecule has 0 fully saturated rings. The third-order valence-corrected chi connectivity index (χ3v) is 2.85. The molecule has 0 heterocycles. The fourth-order valence-electron chi connectivity index (χ4n) is 1.43. The fourth-order valence-corrected chi connectivity index (χ4v) is 1.55. The van der Waals surface area contributed by atoms with Gasteiger partial charge >= 0.3 is 6.03 Å². The van der Waals surface area contributed by atoms with Crippen molar-refractivity contribution in [1.29, 1.82) is 0 Å². The molecule has 2 amide bonds. The summed E-state index contributed by atoms with van der Waals surface area (Å²) in [4.78, 5) is 11.6. The summed E-state index contributed by atoms with van der Waals surface area (Å²) in [6.07, 6.45) is 1.56. The van der Waals surface area contributed by atoms with Gasteiger partial charge in [0.1, 0.15) is 5.82 Å². The molecule has 4 nitrogen and oxygen atoms in total. The molecular weight excluding hydrogens is 271 g/mol. The zero-order chi connectivity index (χ0) is 14.4. The highest BCUT2D eigenvalue weighted by Crippen LogP contribution is 2.20. The standard InChI is InChI=1S/C13H16ClFN2O2/c1-3-8(2)16-13(19)17-12(7-18)9-4-5-10(14)11(15)6-9/h3-6,8,12,18H,1,7H2,2H3,(H2,16,17,19). The third-order valence-electron chi connectivity index (χ3n) is 2.55. The SMILES string of the molecule is C=CC(C)NC(=O)NC(CO)c1ccc(Cl)c(F)c1. The van der Waals surface area contributed by atoms with Crippen LogP contribution in [0.5, 0.6) is 0 Å². The van der Waals surface area contributed by atoms with E-state index in [0.717, 1.165) is 0 Å². The van der Waals surface area contributed by atoms with E-state index in [2.05, 4.69) is 17.2 Å². The van der Waals surface area contributed by atoms with Crippen LogP contribution in [-0.4, -0.2) is 23.8 Å². The summed E-state index contributed by atoms with van der Waals surface area (Å²) in [5.41, 5.74) is 0.436. The molecule has 0 radical (unpaired) electrons. The number of halogens is 2. The smallest absolute Gasteiger partial charge is 0.315 e. The quantitative estimate of drug-likeness (QED) is 0.728. The molecule has 0 aliphatic heterocycles. The van der Waals surface area contributed by atoms with Crippen LogP contribution in [0, 0.1) is 5.82 Å². The van der Waals surface area contributed by atoms with Crippen LogP contribution in [0.3, 0.4) is 0 Å². The highest BCUT2D eigenvalue weighted by molar-refractivity contribution is 6.30. The number of amides is 2. The number of carbonyl (C=O) groups excluding carboxylic acids is 1. The molecule has 0 bridgehead atoms. The predicted molar refractivity (Wildman–Crippen MR) is 72.6 cm³/mol. The van der Waals surface area contributed by atoms with Crippen LogP contribution >= 0.6 is 11.6 Å². The van der Waals surface area contributed by atoms with Gasteiger partial charge in [0.05, 0.1) is 17.7 Å². The lowest BCUT2D eigenvalue weighted by Gasteiger charge is -2.19. The van der Waals surface area contributed by atoms with Gasteiger partial charge in [-0.2, -0.15) is 0 Å². The summed E-state index contributed by atoms with van der Waals surface area (Å²) in [5.74, 6) is -0.598. The number of nitrogens with one attached hydrogen (secondary N) is 2. The molecule has 1 aromatic carbocycles. The van der Waals surface area contributed by atoms with E-state index >= 15 is 0 Å². The molecule has 2 unspecified atom stereocenters. The Kier molecular flexibility index (Phi) is 5.79. The van der Waals surface area contributed by atoms with Crippen LogP contribution in [0.1, 0.15) is 18.5 Å². The number of carbonyl (C=O) groups is 1. The first-order valence-corrected chi connectivity index (χ1v) is 6.11. The number of benzene rings is 1. The summed E-state index contributed by atoms with van der Waals surface area (Å²) in [7, 11) is 0. The first-order chi connectivity index (χ1) is 8.97. The highest BCUT2D eigenvalue weighted by atomic mass is 35.5. The zero-order valence-corrected chi connectivity index (χ0v) is 11.2. The molecule has 0 aliphatic carbocycles. The van der Waals surface area contributed by atoms with Crippen molar-refractivity contribution >= 4 is 17.6 Å². The third kappa shape index (κ3) is 4.54. The van der Waals surface area contributed by atoms with Gasteiger partial charge in [0.2, 0.25) is 0 Å². The Hall–Kier alpha value is -1.59. The molecule has 0 saturated heterocycles. The minimum Gasteiger partial charge on any atom is -0.394 e. The van der Waals surface area contributed by atoms with Crippen molar-refractivity contribution in [2.45, 2.75) is 19.0 Å². The number of hydrogen-bond donors (Lipinski definition) is 3. The van der Waals surface area contributed by atoms with Crippen LogP contribution in [-0.2, 0) is 0 Å². The second kappa shape index (κ2) is 7.11. The van der Waals surface area contributed by atoms with E-state index in [1.807, 2.05) is 0 Å². The average Bonchev–Trinajstić information content (AvgIpc) is 2.39. The van der Waals surface area contributed by atoms with Crippen molar-refractivity contribution in [3.05, 3.63) is 47.3 Å². The maximum Gasteiger partial charge on any atom is 0.315 e. The van der Waals surface area contributed by atoms with Crippen LogP contribution in [0.25, 0.3) is 0 Å². The summed E-state index contributed by atoms with van der Waals surface area (Å²) >= 11 is 5.57. The first-order valence-electron chi connectivity index (χ1n) is 5.73. The summed E-state index contributed by atoms with van der Waals surface area (Å²) in [6.45, 7) is 4.94. The topological polar surface area (TPSA) is 61.4 Å². The van der Waals surface area contributed by atoms with E-state index in [1.165, 1.54) is 12.1 Å². The number of aliphatic hydroxyl groups excluding tert-OH is 1. The second-order valence-corrected chi connectivity index (χ2v) is 4.46. The minimum absolute atomic E-state index is 0.00910. The Bertz CT molecular complexity index is 468. The normalized spacial score (nSPS) is 13.5. The number of rotatable bonds is 5. The summed E-state index contributed by atoms with van der Waals surface area (Å²) < 4.78 is 13.3. The maximum absolute atomic E-state index is 13.3. The van der Waals surface area contributed by atoms with Gasteiger partial charge in [-0.1, -0.05) is 23.7 Å². The molecule has 0 saturated carbocycles. The van der Waals surface area contributed by atoms with Crippen molar-refractivity contribution in [2.24, 2.45) is 0 Å². The highest BCUT2D eigenvalue weighted by Gasteiger charge is 2.15. The predicted octanol–water partition coefficient (Wildman–Crippen LogP) is 2.39. The van der Waals surface area contributed by atoms with Crippen LogP contribution in [0.15, 0.2) is 30.9 Å². The lowest BCUT2D eigenvalue weighted by Crippen LogP contribution is -2.42. The molecule has 104 valence electrons. The molecule has 3 N–H and O–H groups in total. The Morgan fingerprint density at radius 2 is 2.26 bits per heavy atom. The number of hydrogen-bond acceptors (Lipinski definition) is 2. The Morgan fingerprint density at radius 3 is 2.79 bits per heavy atom. The van der Waals surface area contributed by atoms with Crippen LogP contribution in [0.2, 0.25) is 5.02 Å². The van der Waals surface area contributed by atoms with Gasteiger partial charge in [-0.3, -0.25) is 0 Å². The molecule has 19 heavy (non-hydrogen) atoms. The van der Waals surface area contributed by atoms with Gasteiger partial charge in [0.25, 0.3) is 0 Å². The molecular formula is C13H16ClFN2O2. The molecule has 0 aliphatic rings. The zero-order valence-electron chi connectivity index (χ0n) is 10.5. The summed E-state index contributed by atoms with van der Waals surface area (Å²) in [5, 5.41) is 14.4. The average molecular weight is 287 g/mol. The number of urea groups is 1. The van der Waals surface area contributed by atoms with E-state index in [1.54, 1.807) is 19.1 Å². The molecule has 1 rings (SSSR count). The monoisotopic (exact) mass is 286 g/mol. The van der Waals surface area contributed by atoms with E-state index in [-0.39, 0.29) is 17.7 Å². The van der Waals surface area contributed by atoms with Gasteiger partial charge in [0.15, 0.2) is 0 Å². The van der Waals surface area contributed by atoms with Crippen molar-refractivity contribution in [1.82, 2.24) is 10.6 Å². The van der Waals surface area contributed by atoms with Crippen molar-refractivity contribution in [3.63, 3.8) is 0 Å². The van der Waals surface area contributed by atoms with E-state index in [4.69, 9.17) is 11.6 Å². The minimum atomic E-state index is -0.705. The second-order valence-electron chi connectivity index (χ2n) is 4.05. The van der Waals surface area contributed by atoms with E-state index in [0.29, 0.717) is 5.56 Å². The fraction of sp³-hybridized carbons (Fsp3) is 0.308. The molecule has 0 aromatic heterocycles. The van der Waals surface area contributed by atoms with Gasteiger partial charge in [0, 0.05) is 6.04 Å². The Labute approximate surface area is 116 Å². The van der Waals surface area contributed by atoms with Gasteiger partial charge in [-0.25, -0.2) is 9.18 Å². The van der Waals surface area contributed by atoms with Crippen LogP contribution in [0.4, 0.5) is 9.18 Å². The van der Waals surface area contributed by atoms with Gasteiger partial charge in [-0.15, -0.1) is 6.58 Å². The van der Waals surface area contributed by atoms with Gasteiger partial charge in [-0.05, 0) is 24.6 Å². The van der Waals surface area contributed by atoms with Gasteiger partial charge < -0.3 is 15.7 Å². The van der Waals surface area contributed by atoms with Crippen molar-refractivity contribution in [3.8, 4) is 0 Å². The lowest BCUT2D eigenvalue weighted by atomic mass is 10.1.